The number of methoxy groups -OCH3 is 1. The zero-order chi connectivity index (χ0) is 10.1. The fourth-order valence-electron chi connectivity index (χ4n) is 0.790. The molecule has 0 bridgehead atoms. The van der Waals surface area contributed by atoms with E-state index in [1.165, 1.54) is 0 Å². The second kappa shape index (κ2) is 3.47. The Hall–Kier alpha value is -0.870. The maximum atomic E-state index is 5.79. The minimum absolute atomic E-state index is 0.398. The third-order valence-electron chi connectivity index (χ3n) is 1.47. The second-order valence-electron chi connectivity index (χ2n) is 3.55. The summed E-state index contributed by atoms with van der Waals surface area (Å²) in [6, 6.07) is 1.58. The van der Waals surface area contributed by atoms with Crippen LogP contribution < -0.4 is 9.22 Å². The van der Waals surface area contributed by atoms with Crippen molar-refractivity contribution in [3.8, 4) is 5.88 Å². The highest BCUT2D eigenvalue weighted by Crippen LogP contribution is 2.19. The lowest BCUT2D eigenvalue weighted by molar-refractivity contribution is 0.385. The second-order valence-corrected chi connectivity index (χ2v) is 3.93. The smallest absolute Gasteiger partial charge is 0.333 e. The van der Waals surface area contributed by atoms with Crippen molar-refractivity contribution in [2.45, 2.75) is 0 Å². The number of hydrogen-bond acceptors (Lipinski definition) is 3. The van der Waals surface area contributed by atoms with Crippen LogP contribution in [-0.4, -0.2) is 38.2 Å². The minimum Gasteiger partial charge on any atom is -0.481 e. The number of ether oxygens (including phenoxy) is 1. The predicted molar refractivity (Wildman–Crippen MR) is 53.2 cm³/mol. The van der Waals surface area contributed by atoms with Crippen LogP contribution in [0.25, 0.3) is 0 Å². The Balaban J connectivity index is 3.16. The van der Waals surface area contributed by atoms with Gasteiger partial charge < -0.3 is 4.74 Å². The monoisotopic (exact) mass is 202 g/mol. The molecular weight excluding hydrogens is 190 g/mol. The summed E-state index contributed by atoms with van der Waals surface area (Å²) in [6.07, 6.45) is 0. The Morgan fingerprint density at radius 2 is 1.92 bits per heavy atom. The lowest BCUT2D eigenvalue weighted by atomic mass is 10.6. The molecule has 0 aliphatic carbocycles. The Morgan fingerprint density at radius 1 is 1.31 bits per heavy atom. The Kier molecular flexibility index (Phi) is 2.73. The summed E-state index contributed by atoms with van der Waals surface area (Å²) < 4.78 is 5.50. The van der Waals surface area contributed by atoms with Gasteiger partial charge in [-0.25, -0.2) is 0 Å². The third kappa shape index (κ3) is 2.54. The molecule has 0 aliphatic rings. The van der Waals surface area contributed by atoms with Gasteiger partial charge in [-0.3, -0.25) is 4.48 Å². The maximum absolute atomic E-state index is 5.79. The van der Waals surface area contributed by atoms with Crippen molar-refractivity contribution in [1.82, 2.24) is 14.5 Å². The van der Waals surface area contributed by atoms with Crippen molar-refractivity contribution in [3.63, 3.8) is 0 Å². The molecule has 0 spiro atoms. The molecule has 0 atom stereocenters. The van der Waals surface area contributed by atoms with E-state index < -0.39 is 0 Å². The van der Waals surface area contributed by atoms with E-state index in [-0.39, 0.29) is 0 Å². The van der Waals surface area contributed by atoms with Gasteiger partial charge in [0.05, 0.1) is 28.3 Å². The molecule has 0 amide bonds. The number of nitrogens with zero attached hydrogens (tertiary/aromatic N) is 3. The van der Waals surface area contributed by atoms with Gasteiger partial charge in [0, 0.05) is 6.07 Å². The normalized spacial score (nSPS) is 11.5. The molecule has 0 unspecified atom stereocenters. The van der Waals surface area contributed by atoms with E-state index in [0.29, 0.717) is 21.5 Å². The summed E-state index contributed by atoms with van der Waals surface area (Å²) in [7, 11) is 7.44. The Morgan fingerprint density at radius 3 is 2.38 bits per heavy atom. The first-order valence-corrected chi connectivity index (χ1v) is 4.22. The summed E-state index contributed by atoms with van der Waals surface area (Å²) in [5, 5.41) is 0.398. The fraction of sp³-hybridized carbons (Fsp3) is 0.500. The first-order chi connectivity index (χ1) is 5.93. The number of aromatic nitrogens is 2. The molecule has 1 aromatic rings. The van der Waals surface area contributed by atoms with Crippen LogP contribution in [0.1, 0.15) is 0 Å². The molecular formula is C8H13ClN3O+. The van der Waals surface area contributed by atoms with Crippen LogP contribution in [0.5, 0.6) is 5.88 Å². The van der Waals surface area contributed by atoms with Gasteiger partial charge in [-0.15, -0.1) is 4.98 Å². The van der Waals surface area contributed by atoms with E-state index in [2.05, 4.69) is 9.97 Å². The van der Waals surface area contributed by atoms with Gasteiger partial charge >= 0.3 is 5.95 Å². The summed E-state index contributed by atoms with van der Waals surface area (Å²) in [5.41, 5.74) is 0. The summed E-state index contributed by atoms with van der Waals surface area (Å²) in [6.45, 7) is 0. The van der Waals surface area contributed by atoms with Crippen molar-refractivity contribution in [3.05, 3.63) is 11.2 Å². The molecule has 4 nitrogen and oxygen atoms in total. The molecule has 0 aliphatic heterocycles. The SMILES string of the molecule is COc1cc(Cl)nc([N+](C)(C)C)n1. The van der Waals surface area contributed by atoms with Gasteiger partial charge in [-0.1, -0.05) is 11.6 Å². The number of quaternary nitrogens is 1. The average Bonchev–Trinajstić information content (AvgIpc) is 2.01. The van der Waals surface area contributed by atoms with Crippen molar-refractivity contribution >= 4 is 17.5 Å². The van der Waals surface area contributed by atoms with E-state index in [1.54, 1.807) is 13.2 Å². The van der Waals surface area contributed by atoms with Crippen molar-refractivity contribution in [1.29, 1.82) is 0 Å². The predicted octanol–water partition coefficient (Wildman–Crippen LogP) is 1.34. The Bertz CT molecular complexity index is 309. The van der Waals surface area contributed by atoms with E-state index in [9.17, 15) is 0 Å². The molecule has 5 heteroatoms. The van der Waals surface area contributed by atoms with Crippen LogP contribution in [0.3, 0.4) is 0 Å². The van der Waals surface area contributed by atoms with Crippen molar-refractivity contribution in [2.75, 3.05) is 28.3 Å². The number of rotatable bonds is 2. The van der Waals surface area contributed by atoms with Gasteiger partial charge in [0.1, 0.15) is 5.15 Å². The van der Waals surface area contributed by atoms with Crippen LogP contribution in [-0.2, 0) is 0 Å². The topological polar surface area (TPSA) is 35.0 Å². The van der Waals surface area contributed by atoms with Gasteiger partial charge in [0.25, 0.3) is 0 Å². The van der Waals surface area contributed by atoms with Crippen LogP contribution >= 0.6 is 11.6 Å². The van der Waals surface area contributed by atoms with Crippen LogP contribution in [0.2, 0.25) is 5.15 Å². The summed E-state index contributed by atoms with van der Waals surface area (Å²) >= 11 is 5.79. The molecule has 1 rings (SSSR count). The average molecular weight is 203 g/mol. The molecule has 0 saturated heterocycles. The summed E-state index contributed by atoms with van der Waals surface area (Å²) in [4.78, 5) is 8.28. The zero-order valence-corrected chi connectivity index (χ0v) is 8.96. The third-order valence-corrected chi connectivity index (χ3v) is 1.66. The highest BCUT2D eigenvalue weighted by molar-refractivity contribution is 6.29. The van der Waals surface area contributed by atoms with Crippen molar-refractivity contribution < 1.29 is 4.74 Å². The van der Waals surface area contributed by atoms with Crippen LogP contribution in [0.15, 0.2) is 6.07 Å². The molecule has 0 fully saturated rings. The molecule has 13 heavy (non-hydrogen) atoms. The van der Waals surface area contributed by atoms with Gasteiger partial charge in [0.15, 0.2) is 0 Å². The van der Waals surface area contributed by atoms with E-state index >= 15 is 0 Å². The molecule has 1 heterocycles. The first-order valence-electron chi connectivity index (χ1n) is 3.84. The quantitative estimate of drug-likeness (QED) is 0.536. The number of hydrogen-bond donors (Lipinski definition) is 0. The van der Waals surface area contributed by atoms with Crippen LogP contribution in [0, 0.1) is 0 Å². The Labute approximate surface area is 82.7 Å². The molecule has 0 saturated carbocycles. The standard InChI is InChI=1S/C8H13ClN3O/c1-12(2,3)8-10-6(9)5-7(11-8)13-4/h5H,1-4H3/q+1. The molecule has 0 radical (unpaired) electrons. The van der Waals surface area contributed by atoms with Gasteiger partial charge in [0.2, 0.25) is 5.88 Å². The van der Waals surface area contributed by atoms with E-state index in [4.69, 9.17) is 16.3 Å². The molecule has 0 aromatic carbocycles. The molecule has 0 N–H and O–H groups in total. The molecule has 72 valence electrons. The summed E-state index contributed by atoms with van der Waals surface area (Å²) in [5.74, 6) is 1.12. The number of halogens is 1. The molecule has 1 aromatic heterocycles. The van der Waals surface area contributed by atoms with Gasteiger partial charge in [-0.05, 0) is 0 Å². The van der Waals surface area contributed by atoms with Crippen LogP contribution in [0.4, 0.5) is 5.95 Å². The zero-order valence-electron chi connectivity index (χ0n) is 8.21. The van der Waals surface area contributed by atoms with E-state index in [0.717, 1.165) is 0 Å². The fourth-order valence-corrected chi connectivity index (χ4v) is 0.959. The first kappa shape index (κ1) is 10.2. The lowest BCUT2D eigenvalue weighted by Crippen LogP contribution is -2.36. The highest BCUT2D eigenvalue weighted by atomic mass is 35.5. The minimum atomic E-state index is 0.398. The highest BCUT2D eigenvalue weighted by Gasteiger charge is 2.18. The van der Waals surface area contributed by atoms with Gasteiger partial charge in [-0.2, -0.15) is 4.98 Å². The largest absolute Gasteiger partial charge is 0.481 e. The lowest BCUT2D eigenvalue weighted by Gasteiger charge is -2.20. The van der Waals surface area contributed by atoms with Crippen molar-refractivity contribution in [2.24, 2.45) is 0 Å². The van der Waals surface area contributed by atoms with E-state index in [1.807, 2.05) is 21.1 Å². The maximum Gasteiger partial charge on any atom is 0.333 e.